The van der Waals surface area contributed by atoms with E-state index in [2.05, 4.69) is 31.2 Å². The Morgan fingerprint density at radius 1 is 0.673 bits per heavy atom. The lowest BCUT2D eigenvalue weighted by Gasteiger charge is -2.40. The highest BCUT2D eigenvalue weighted by Crippen LogP contribution is 2.32. The fraction of sp³-hybridized carbons (Fsp3) is 0.233. The molecule has 1 aliphatic heterocycles. The topological polar surface area (TPSA) is 118 Å². The van der Waals surface area contributed by atoms with Gasteiger partial charge in [-0.3, -0.25) is 0 Å². The fourth-order valence-electron chi connectivity index (χ4n) is 5.90. The highest BCUT2D eigenvalue weighted by atomic mass is 16.7. The third-order valence-electron chi connectivity index (χ3n) is 8.77. The normalized spacial score (nSPS) is 18.2. The highest BCUT2D eigenvalue weighted by Gasteiger charge is 2.46. The van der Waals surface area contributed by atoms with Crippen LogP contribution in [0, 0.1) is 0 Å². The molecule has 0 bridgehead atoms. The molecule has 266 valence electrons. The van der Waals surface area contributed by atoms with Crippen LogP contribution in [-0.2, 0) is 38.4 Å². The Morgan fingerprint density at radius 2 is 1.21 bits per heavy atom. The van der Waals surface area contributed by atoms with Gasteiger partial charge >= 0.3 is 17.9 Å². The summed E-state index contributed by atoms with van der Waals surface area (Å²) < 4.78 is 30.8. The summed E-state index contributed by atoms with van der Waals surface area (Å²) >= 11 is 0. The molecule has 0 aromatic heterocycles. The van der Waals surface area contributed by atoms with E-state index in [4.69, 9.17) is 23.7 Å². The third-order valence-corrected chi connectivity index (χ3v) is 8.77. The molecule has 1 fully saturated rings. The fourth-order valence-corrected chi connectivity index (χ4v) is 5.90. The second-order valence-corrected chi connectivity index (χ2v) is 12.4. The first-order valence-corrected chi connectivity index (χ1v) is 17.3. The van der Waals surface area contributed by atoms with Crippen molar-refractivity contribution in [2.75, 3.05) is 6.61 Å². The summed E-state index contributed by atoms with van der Waals surface area (Å²) in [5, 5.41) is 10.0. The van der Waals surface area contributed by atoms with Crippen molar-refractivity contribution in [1.29, 1.82) is 0 Å². The largest absolute Gasteiger partial charge is 0.460 e. The van der Waals surface area contributed by atoms with Crippen molar-refractivity contribution in [3.8, 4) is 5.75 Å². The van der Waals surface area contributed by atoms with Crippen molar-refractivity contribution in [2.45, 2.75) is 57.4 Å². The van der Waals surface area contributed by atoms with Crippen LogP contribution in [0.5, 0.6) is 5.75 Å². The van der Waals surface area contributed by atoms with E-state index < -0.39 is 42.5 Å². The maximum Gasteiger partial charge on any atom is 0.338 e. The van der Waals surface area contributed by atoms with Gasteiger partial charge in [0.2, 0.25) is 12.4 Å². The minimum atomic E-state index is -1.31. The van der Waals surface area contributed by atoms with Gasteiger partial charge in [-0.1, -0.05) is 97.9 Å². The number of aryl methyl sites for hydroxylation is 1. The lowest BCUT2D eigenvalue weighted by Crippen LogP contribution is -2.55. The summed E-state index contributed by atoms with van der Waals surface area (Å²) in [7, 11) is 0. The molecule has 0 amide bonds. The van der Waals surface area contributed by atoms with Crippen LogP contribution < -0.4 is 4.74 Å². The summed E-state index contributed by atoms with van der Waals surface area (Å²) in [6.45, 7) is 1.66. The first kappa shape index (κ1) is 36.0. The third kappa shape index (κ3) is 9.31. The van der Waals surface area contributed by atoms with Crippen molar-refractivity contribution < 1.29 is 43.2 Å². The minimum Gasteiger partial charge on any atom is -0.460 e. The average molecular weight is 701 g/mol. The Bertz CT molecular complexity index is 1930. The molecule has 52 heavy (non-hydrogen) atoms. The predicted molar refractivity (Wildman–Crippen MR) is 193 cm³/mol. The van der Waals surface area contributed by atoms with Crippen LogP contribution in [0.1, 0.15) is 66.7 Å². The Morgan fingerprint density at radius 3 is 1.79 bits per heavy atom. The van der Waals surface area contributed by atoms with Gasteiger partial charge in [-0.25, -0.2) is 14.4 Å². The number of ether oxygens (including phenoxy) is 5. The van der Waals surface area contributed by atoms with Crippen molar-refractivity contribution in [3.63, 3.8) is 0 Å². The molecule has 5 aromatic rings. The molecule has 1 aliphatic rings. The molecule has 9 nitrogen and oxygen atoms in total. The van der Waals surface area contributed by atoms with E-state index >= 15 is 0 Å². The van der Waals surface area contributed by atoms with E-state index in [-0.39, 0.29) is 25.2 Å². The number of hydrogen-bond donors (Lipinski definition) is 1. The van der Waals surface area contributed by atoms with Crippen LogP contribution in [-0.4, -0.2) is 54.2 Å². The van der Waals surface area contributed by atoms with Gasteiger partial charge in [0.05, 0.1) is 29.4 Å². The van der Waals surface area contributed by atoms with Crippen molar-refractivity contribution >= 4 is 17.9 Å². The molecule has 6 rings (SSSR count). The van der Waals surface area contributed by atoms with Crippen molar-refractivity contribution in [3.05, 3.63) is 172 Å². The smallest absolute Gasteiger partial charge is 0.338 e. The second kappa shape index (κ2) is 17.4. The van der Waals surface area contributed by atoms with Crippen LogP contribution in [0.2, 0.25) is 0 Å². The number of aliphatic hydroxyl groups excluding tert-OH is 1. The lowest BCUT2D eigenvalue weighted by molar-refractivity contribution is -0.240. The summed E-state index contributed by atoms with van der Waals surface area (Å²) in [6.07, 6.45) is -2.99. The van der Waals surface area contributed by atoms with E-state index in [1.54, 1.807) is 97.1 Å². The Hall–Kier alpha value is -5.77. The van der Waals surface area contributed by atoms with Gasteiger partial charge in [0.25, 0.3) is 0 Å². The molecule has 0 spiro atoms. The monoisotopic (exact) mass is 700 g/mol. The number of aliphatic hydroxyl groups is 1. The van der Waals surface area contributed by atoms with Crippen LogP contribution in [0.4, 0.5) is 0 Å². The molecular weight excluding hydrogens is 660 g/mol. The Labute approximate surface area is 302 Å². The number of esters is 3. The maximum atomic E-state index is 13.6. The molecule has 1 N–H and O–H groups in total. The molecule has 5 aromatic carbocycles. The highest BCUT2D eigenvalue weighted by molar-refractivity contribution is 5.90. The molecule has 1 saturated heterocycles. The number of carbonyl (C=O) groups excluding carboxylic acids is 3. The number of benzene rings is 5. The van der Waals surface area contributed by atoms with Gasteiger partial charge in [0.15, 0.2) is 0 Å². The van der Waals surface area contributed by atoms with Gasteiger partial charge < -0.3 is 28.8 Å². The average Bonchev–Trinajstić information content (AvgIpc) is 3.20. The van der Waals surface area contributed by atoms with Gasteiger partial charge in [0.1, 0.15) is 18.5 Å². The number of hydrogen-bond acceptors (Lipinski definition) is 9. The molecule has 9 heteroatoms. The van der Waals surface area contributed by atoms with E-state index in [0.29, 0.717) is 28.9 Å². The van der Waals surface area contributed by atoms with Crippen LogP contribution in [0.15, 0.2) is 133 Å². The van der Waals surface area contributed by atoms with Crippen molar-refractivity contribution in [2.24, 2.45) is 0 Å². The predicted octanol–water partition coefficient (Wildman–Crippen LogP) is 7.13. The SMILES string of the molecule is CCc1ccc(Cc2ccc(CO)cc2O[C@@H]2O[C@H](COC(=O)c3ccccc3)C[C@H](OC(=O)c3ccccc3)[C@H]2OC(=O)c2ccccc2)cc1. The Kier molecular flexibility index (Phi) is 12.1. The maximum absolute atomic E-state index is 13.6. The first-order valence-electron chi connectivity index (χ1n) is 17.3. The van der Waals surface area contributed by atoms with Crippen molar-refractivity contribution in [1.82, 2.24) is 0 Å². The van der Waals surface area contributed by atoms with E-state index in [1.807, 2.05) is 12.1 Å². The molecule has 0 unspecified atom stereocenters. The zero-order valence-corrected chi connectivity index (χ0v) is 28.8. The zero-order valence-electron chi connectivity index (χ0n) is 28.8. The number of rotatable bonds is 13. The molecular formula is C43H40O9. The standard InChI is InChI=1S/C43H40O9/c1-2-29-18-20-30(21-19-29)24-35-23-22-31(27-44)25-37(35)51-43-39(52-42(47)34-16-10-5-11-17-34)38(50-41(46)33-14-8-4-9-15-33)26-36(49-43)28-48-40(45)32-12-6-3-7-13-32/h3-23,25,36,38-39,43-44H,2,24,26-28H2,1H3/t36-,38-,39+,43-/m0/s1. The van der Waals surface area contributed by atoms with Gasteiger partial charge in [-0.15, -0.1) is 0 Å². The quantitative estimate of drug-likeness (QED) is 0.101. The van der Waals surface area contributed by atoms with Crippen LogP contribution in [0.3, 0.4) is 0 Å². The molecule has 0 aliphatic carbocycles. The van der Waals surface area contributed by atoms with Crippen LogP contribution in [0.25, 0.3) is 0 Å². The first-order chi connectivity index (χ1) is 25.4. The van der Waals surface area contributed by atoms with Gasteiger partial charge in [-0.05, 0) is 71.1 Å². The number of carbonyl (C=O) groups is 3. The summed E-state index contributed by atoms with van der Waals surface area (Å²) in [4.78, 5) is 39.9. The van der Waals surface area contributed by atoms with Gasteiger partial charge in [-0.2, -0.15) is 0 Å². The zero-order chi connectivity index (χ0) is 36.3. The van der Waals surface area contributed by atoms with E-state index in [9.17, 15) is 19.5 Å². The minimum absolute atomic E-state index is 0.0283. The summed E-state index contributed by atoms with van der Waals surface area (Å²) in [5.41, 5.74) is 4.58. The summed E-state index contributed by atoms with van der Waals surface area (Å²) in [5.74, 6) is -1.47. The molecule has 4 atom stereocenters. The molecule has 1 heterocycles. The van der Waals surface area contributed by atoms with Crippen LogP contribution >= 0.6 is 0 Å². The van der Waals surface area contributed by atoms with E-state index in [1.165, 1.54) is 5.56 Å². The molecule has 0 saturated carbocycles. The lowest BCUT2D eigenvalue weighted by atomic mass is 10.00. The van der Waals surface area contributed by atoms with Gasteiger partial charge in [0, 0.05) is 12.8 Å². The second-order valence-electron chi connectivity index (χ2n) is 12.4. The molecule has 0 radical (unpaired) electrons. The summed E-state index contributed by atoms with van der Waals surface area (Å²) in [6, 6.07) is 39.1. The Balaban J connectivity index is 1.34. The van der Waals surface area contributed by atoms with E-state index in [0.717, 1.165) is 17.5 Å².